The van der Waals surface area contributed by atoms with Crippen molar-refractivity contribution in [1.82, 2.24) is 0 Å². The first-order chi connectivity index (χ1) is 14.9. The van der Waals surface area contributed by atoms with Crippen molar-refractivity contribution in [3.05, 3.63) is 12.2 Å². The van der Waals surface area contributed by atoms with Gasteiger partial charge in [-0.2, -0.15) is 0 Å². The highest BCUT2D eigenvalue weighted by atomic mass is 28.5. The van der Waals surface area contributed by atoms with Crippen LogP contribution < -0.4 is 0 Å². The summed E-state index contributed by atoms with van der Waals surface area (Å²) in [5.41, 5.74) is 0.363. The Morgan fingerprint density at radius 1 is 0.788 bits per heavy atom. The van der Waals surface area contributed by atoms with E-state index in [0.717, 1.165) is 12.8 Å². The first kappa shape index (κ1) is 32.9. The average Bonchev–Trinajstić information content (AvgIpc) is 2.56. The molecule has 0 spiro atoms. The standard InChI is InChI=1S/C22H50O7Si4/c1-13-15-24-18-21(26-22(23)20(2)3)19-25-16-14-17-33(27-30(4,5)6,28-31(7,8)9)29-32(10,11)12/h21H,2,13-19H2,1,3-12H3. The third-order valence-corrected chi connectivity index (χ3v) is 15.8. The third-order valence-electron chi connectivity index (χ3n) is 3.73. The zero-order valence-electron chi connectivity index (χ0n) is 23.1. The fourth-order valence-corrected chi connectivity index (χ4v) is 17.6. The van der Waals surface area contributed by atoms with Gasteiger partial charge in [0.1, 0.15) is 6.10 Å². The van der Waals surface area contributed by atoms with E-state index < -0.39 is 45.8 Å². The molecule has 1 atom stereocenters. The zero-order chi connectivity index (χ0) is 25.9. The maximum atomic E-state index is 11.9. The van der Waals surface area contributed by atoms with E-state index in [1.165, 1.54) is 0 Å². The molecule has 0 bridgehead atoms. The molecule has 0 aliphatic rings. The van der Waals surface area contributed by atoms with E-state index in [-0.39, 0.29) is 6.61 Å². The zero-order valence-corrected chi connectivity index (χ0v) is 27.1. The molecule has 0 N–H and O–H groups in total. The van der Waals surface area contributed by atoms with E-state index in [0.29, 0.717) is 31.4 Å². The quantitative estimate of drug-likeness (QED) is 0.0945. The molecule has 0 saturated carbocycles. The topological polar surface area (TPSA) is 72.5 Å². The minimum atomic E-state index is -2.86. The molecule has 7 nitrogen and oxygen atoms in total. The van der Waals surface area contributed by atoms with Gasteiger partial charge in [-0.1, -0.05) is 13.5 Å². The van der Waals surface area contributed by atoms with Crippen LogP contribution in [0.2, 0.25) is 65.0 Å². The third kappa shape index (κ3) is 17.9. The highest BCUT2D eigenvalue weighted by Gasteiger charge is 2.49. The van der Waals surface area contributed by atoms with Gasteiger partial charge < -0.3 is 26.6 Å². The van der Waals surface area contributed by atoms with Gasteiger partial charge in [0, 0.05) is 24.8 Å². The normalized spacial score (nSPS) is 14.3. The van der Waals surface area contributed by atoms with Gasteiger partial charge in [-0.25, -0.2) is 4.79 Å². The first-order valence-corrected chi connectivity index (χ1v) is 24.2. The minimum Gasteiger partial charge on any atom is -0.454 e. The van der Waals surface area contributed by atoms with E-state index >= 15 is 0 Å². The van der Waals surface area contributed by atoms with Crippen molar-refractivity contribution in [2.45, 2.75) is 97.8 Å². The summed E-state index contributed by atoms with van der Waals surface area (Å²) in [6.45, 7) is 28.7. The Morgan fingerprint density at radius 2 is 1.21 bits per heavy atom. The molecule has 0 rings (SSSR count). The van der Waals surface area contributed by atoms with Crippen molar-refractivity contribution >= 4 is 39.7 Å². The molecule has 11 heteroatoms. The summed E-state index contributed by atoms with van der Waals surface area (Å²) in [6, 6.07) is 0.717. The van der Waals surface area contributed by atoms with Crippen molar-refractivity contribution < 1.29 is 31.4 Å². The molecule has 0 aliphatic heterocycles. The van der Waals surface area contributed by atoms with E-state index in [4.69, 9.17) is 26.6 Å². The fraction of sp³-hybridized carbons (Fsp3) is 0.864. The lowest BCUT2D eigenvalue weighted by Crippen LogP contribution is -2.60. The summed E-state index contributed by atoms with van der Waals surface area (Å²) in [7, 11) is -8.54. The summed E-state index contributed by atoms with van der Waals surface area (Å²) in [5, 5.41) is 0. The maximum Gasteiger partial charge on any atom is 0.469 e. The number of hydrogen-bond donors (Lipinski definition) is 0. The molecule has 196 valence electrons. The summed E-state index contributed by atoms with van der Waals surface area (Å²) < 4.78 is 37.0. The van der Waals surface area contributed by atoms with Crippen molar-refractivity contribution in [3.8, 4) is 0 Å². The number of hydrogen-bond acceptors (Lipinski definition) is 7. The number of ether oxygens (including phenoxy) is 3. The molecule has 33 heavy (non-hydrogen) atoms. The van der Waals surface area contributed by atoms with E-state index in [2.05, 4.69) is 65.5 Å². The van der Waals surface area contributed by atoms with Gasteiger partial charge in [0.25, 0.3) is 0 Å². The smallest absolute Gasteiger partial charge is 0.454 e. The largest absolute Gasteiger partial charge is 0.469 e. The molecule has 0 saturated heterocycles. The molecule has 1 unspecified atom stereocenters. The second kappa shape index (κ2) is 14.4. The summed E-state index contributed by atoms with van der Waals surface area (Å²) in [5.74, 6) is -0.425. The van der Waals surface area contributed by atoms with Gasteiger partial charge >= 0.3 is 14.8 Å². The lowest BCUT2D eigenvalue weighted by molar-refractivity contribution is -0.151. The Morgan fingerprint density at radius 3 is 1.58 bits per heavy atom. The van der Waals surface area contributed by atoms with Gasteiger partial charge in [-0.15, -0.1) is 0 Å². The van der Waals surface area contributed by atoms with Gasteiger partial charge in [0.2, 0.25) is 0 Å². The number of carbonyl (C=O) groups excluding carboxylic acids is 1. The van der Waals surface area contributed by atoms with Crippen LogP contribution in [-0.2, 0) is 31.4 Å². The summed E-state index contributed by atoms with van der Waals surface area (Å²) >= 11 is 0. The highest BCUT2D eigenvalue weighted by Crippen LogP contribution is 2.29. The molecule has 0 fully saturated rings. The number of esters is 1. The second-order valence-corrected chi connectivity index (χ2v) is 28.4. The van der Waals surface area contributed by atoms with Crippen LogP contribution in [0.25, 0.3) is 0 Å². The van der Waals surface area contributed by atoms with Gasteiger partial charge in [-0.05, 0) is 78.7 Å². The molecule has 0 aromatic heterocycles. The van der Waals surface area contributed by atoms with Crippen LogP contribution >= 0.6 is 0 Å². The van der Waals surface area contributed by atoms with Crippen LogP contribution in [0.15, 0.2) is 12.2 Å². The Labute approximate surface area is 207 Å². The summed E-state index contributed by atoms with van der Waals surface area (Å²) in [6.07, 6.45) is 1.19. The summed E-state index contributed by atoms with van der Waals surface area (Å²) in [4.78, 5) is 11.9. The lowest BCUT2D eigenvalue weighted by atomic mass is 10.3. The molecule has 0 aliphatic carbocycles. The van der Waals surface area contributed by atoms with Crippen molar-refractivity contribution in [2.75, 3.05) is 26.4 Å². The van der Waals surface area contributed by atoms with E-state index in [9.17, 15) is 4.79 Å². The van der Waals surface area contributed by atoms with Gasteiger partial charge in [-0.3, -0.25) is 0 Å². The first-order valence-electron chi connectivity index (χ1n) is 12.0. The second-order valence-electron chi connectivity index (χ2n) is 11.4. The fourth-order valence-electron chi connectivity index (χ4n) is 2.95. The van der Waals surface area contributed by atoms with E-state index in [1.54, 1.807) is 6.92 Å². The van der Waals surface area contributed by atoms with Crippen LogP contribution in [0.4, 0.5) is 0 Å². The lowest BCUT2D eigenvalue weighted by Gasteiger charge is -2.42. The highest BCUT2D eigenvalue weighted by molar-refractivity contribution is 6.90. The van der Waals surface area contributed by atoms with Gasteiger partial charge in [0.05, 0.1) is 13.2 Å². The Balaban J connectivity index is 5.14. The molecular formula is C22H50O7Si4. The van der Waals surface area contributed by atoms with Crippen LogP contribution in [0.5, 0.6) is 0 Å². The molecule has 0 heterocycles. The van der Waals surface area contributed by atoms with Crippen LogP contribution in [0, 0.1) is 0 Å². The van der Waals surface area contributed by atoms with Gasteiger partial charge in [0.15, 0.2) is 25.0 Å². The number of rotatable bonds is 18. The SMILES string of the molecule is C=C(C)C(=O)OC(COCCC)COCCC[Si](O[Si](C)(C)C)(O[Si](C)(C)C)O[Si](C)(C)C. The van der Waals surface area contributed by atoms with Crippen LogP contribution in [-0.4, -0.2) is 72.3 Å². The monoisotopic (exact) mass is 538 g/mol. The molecule has 0 radical (unpaired) electrons. The van der Waals surface area contributed by atoms with Crippen LogP contribution in [0.3, 0.4) is 0 Å². The maximum absolute atomic E-state index is 11.9. The Bertz CT molecular complexity index is 554. The van der Waals surface area contributed by atoms with Crippen LogP contribution in [0.1, 0.15) is 26.7 Å². The Kier molecular flexibility index (Phi) is 14.4. The molecular weight excluding hydrogens is 489 g/mol. The van der Waals surface area contributed by atoms with Crippen molar-refractivity contribution in [1.29, 1.82) is 0 Å². The van der Waals surface area contributed by atoms with E-state index in [1.807, 2.05) is 6.92 Å². The molecule has 0 aromatic carbocycles. The minimum absolute atomic E-state index is 0.274. The Hall–Kier alpha value is -0.122. The molecule has 0 aromatic rings. The predicted octanol–water partition coefficient (Wildman–Crippen LogP) is 5.80. The van der Waals surface area contributed by atoms with Crippen molar-refractivity contribution in [2.24, 2.45) is 0 Å². The number of carbonyl (C=O) groups is 1. The predicted molar refractivity (Wildman–Crippen MR) is 145 cm³/mol. The average molecular weight is 539 g/mol. The molecule has 0 amide bonds. The van der Waals surface area contributed by atoms with Crippen molar-refractivity contribution in [3.63, 3.8) is 0 Å².